The highest BCUT2D eigenvalue weighted by Gasteiger charge is 2.45. The first kappa shape index (κ1) is 18.2. The lowest BCUT2D eigenvalue weighted by Crippen LogP contribution is -2.50. The Kier molecular flexibility index (Phi) is 4.16. The highest BCUT2D eigenvalue weighted by Crippen LogP contribution is 2.44. The molecule has 1 spiro atoms. The number of nitrogens with one attached hydrogen (secondary N) is 2. The molecule has 1 atom stereocenters. The van der Waals surface area contributed by atoms with Crippen molar-refractivity contribution in [2.75, 3.05) is 13.1 Å². The van der Waals surface area contributed by atoms with E-state index in [2.05, 4.69) is 31.1 Å². The van der Waals surface area contributed by atoms with E-state index in [4.69, 9.17) is 4.98 Å². The quantitative estimate of drug-likeness (QED) is 0.773. The highest BCUT2D eigenvalue weighted by molar-refractivity contribution is 5.90. The number of carbonyl (C=O) groups is 2. The van der Waals surface area contributed by atoms with Crippen molar-refractivity contribution >= 4 is 11.8 Å². The number of amides is 2. The van der Waals surface area contributed by atoms with Gasteiger partial charge in [-0.1, -0.05) is 20.8 Å². The van der Waals surface area contributed by atoms with E-state index in [9.17, 15) is 14.4 Å². The van der Waals surface area contributed by atoms with Crippen LogP contribution in [0.25, 0.3) is 0 Å². The molecule has 27 heavy (non-hydrogen) atoms. The third kappa shape index (κ3) is 3.07. The second-order valence-corrected chi connectivity index (χ2v) is 9.26. The molecule has 1 aliphatic carbocycles. The Morgan fingerprint density at radius 2 is 1.85 bits per heavy atom. The Balaban J connectivity index is 1.55. The molecule has 2 saturated heterocycles. The minimum absolute atomic E-state index is 0.00558. The number of nitrogens with zero attached hydrogens (tertiary/aromatic N) is 2. The Hall–Kier alpha value is -2.18. The second-order valence-electron chi connectivity index (χ2n) is 9.26. The van der Waals surface area contributed by atoms with Crippen LogP contribution in [0.2, 0.25) is 0 Å². The van der Waals surface area contributed by atoms with Gasteiger partial charge in [0.25, 0.3) is 5.56 Å². The fourth-order valence-corrected chi connectivity index (χ4v) is 4.67. The molecule has 1 aromatic heterocycles. The summed E-state index contributed by atoms with van der Waals surface area (Å²) >= 11 is 0. The Morgan fingerprint density at radius 1 is 1.15 bits per heavy atom. The molecule has 2 N–H and O–H groups in total. The molecule has 1 unspecified atom stereocenters. The van der Waals surface area contributed by atoms with Crippen LogP contribution in [-0.2, 0) is 26.8 Å². The summed E-state index contributed by atoms with van der Waals surface area (Å²) in [6.07, 6.45) is 4.36. The van der Waals surface area contributed by atoms with Crippen molar-refractivity contribution in [3.63, 3.8) is 0 Å². The summed E-state index contributed by atoms with van der Waals surface area (Å²) in [6, 6.07) is -0.365. The van der Waals surface area contributed by atoms with Crippen LogP contribution < -0.4 is 10.9 Å². The average molecular weight is 372 g/mol. The van der Waals surface area contributed by atoms with Crippen molar-refractivity contribution in [2.24, 2.45) is 0 Å². The van der Waals surface area contributed by atoms with Crippen LogP contribution in [0.15, 0.2) is 4.79 Å². The zero-order valence-corrected chi connectivity index (χ0v) is 16.4. The van der Waals surface area contributed by atoms with E-state index >= 15 is 0 Å². The molecular formula is C20H28N4O3. The smallest absolute Gasteiger partial charge is 0.254 e. The maximum atomic E-state index is 12.7. The van der Waals surface area contributed by atoms with Gasteiger partial charge in [-0.3, -0.25) is 14.4 Å². The third-order valence-electron chi connectivity index (χ3n) is 6.41. The van der Waals surface area contributed by atoms with E-state index in [0.29, 0.717) is 25.9 Å². The minimum Gasteiger partial charge on any atom is -0.344 e. The summed E-state index contributed by atoms with van der Waals surface area (Å²) < 4.78 is 0. The molecule has 7 heteroatoms. The van der Waals surface area contributed by atoms with Crippen LogP contribution in [0.3, 0.4) is 0 Å². The van der Waals surface area contributed by atoms with Gasteiger partial charge in [-0.2, -0.15) is 0 Å². The van der Waals surface area contributed by atoms with E-state index in [1.54, 1.807) is 0 Å². The molecule has 4 rings (SSSR count). The number of rotatable bonds is 1. The van der Waals surface area contributed by atoms with E-state index in [-0.39, 0.29) is 34.2 Å². The Bertz CT molecular complexity index is 844. The standard InChI is InChI=1S/C20H28N4O3/c1-19(2,3)18-22-15-12(16(26)23-18)6-7-20(15)8-10-24(11-9-20)17(27)13-4-5-14(25)21-13/h13H,4-11H2,1-3H3,(H,21,25)(H,22,23,26). The normalized spacial score (nSPS) is 24.2. The molecule has 7 nitrogen and oxygen atoms in total. The first-order valence-electron chi connectivity index (χ1n) is 9.92. The van der Waals surface area contributed by atoms with Crippen molar-refractivity contribution in [2.45, 2.75) is 76.2 Å². The van der Waals surface area contributed by atoms with E-state index in [0.717, 1.165) is 42.8 Å². The van der Waals surface area contributed by atoms with Crippen molar-refractivity contribution in [1.82, 2.24) is 20.2 Å². The van der Waals surface area contributed by atoms with Gasteiger partial charge in [0.05, 0.1) is 5.69 Å². The summed E-state index contributed by atoms with van der Waals surface area (Å²) in [5.41, 5.74) is 1.46. The average Bonchev–Trinajstić information content (AvgIpc) is 3.19. The lowest BCUT2D eigenvalue weighted by atomic mass is 9.76. The number of fused-ring (bicyclic) bond motifs is 2. The number of aromatic nitrogens is 2. The fourth-order valence-electron chi connectivity index (χ4n) is 4.67. The summed E-state index contributed by atoms with van der Waals surface area (Å²) in [5.74, 6) is 0.729. The molecule has 2 amide bonds. The SMILES string of the molecule is CC(C)(C)c1nc2c(c(=O)[nH]1)CCC21CCN(C(=O)C2CCC(=O)N2)CC1. The number of H-pyrrole nitrogens is 1. The topological polar surface area (TPSA) is 95.2 Å². The van der Waals surface area contributed by atoms with Crippen molar-refractivity contribution in [3.05, 3.63) is 27.4 Å². The van der Waals surface area contributed by atoms with E-state index < -0.39 is 0 Å². The number of hydrogen-bond acceptors (Lipinski definition) is 4. The second kappa shape index (κ2) is 6.17. The van der Waals surface area contributed by atoms with Crippen LogP contribution >= 0.6 is 0 Å². The van der Waals surface area contributed by atoms with E-state index in [1.165, 1.54) is 0 Å². The summed E-state index contributed by atoms with van der Waals surface area (Å²) in [7, 11) is 0. The molecule has 0 aromatic carbocycles. The van der Waals surface area contributed by atoms with Crippen LogP contribution in [0.5, 0.6) is 0 Å². The molecule has 0 bridgehead atoms. The van der Waals surface area contributed by atoms with Crippen LogP contribution in [-0.4, -0.2) is 45.8 Å². The maximum absolute atomic E-state index is 12.7. The van der Waals surface area contributed by atoms with Gasteiger partial charge in [0.15, 0.2) is 0 Å². The zero-order valence-electron chi connectivity index (χ0n) is 16.4. The van der Waals surface area contributed by atoms with Crippen molar-refractivity contribution < 1.29 is 9.59 Å². The monoisotopic (exact) mass is 372 g/mol. The number of carbonyl (C=O) groups excluding carboxylic acids is 2. The van der Waals surface area contributed by atoms with Crippen molar-refractivity contribution in [1.29, 1.82) is 0 Å². The van der Waals surface area contributed by atoms with Crippen molar-refractivity contribution in [3.8, 4) is 0 Å². The molecule has 0 radical (unpaired) electrons. The molecule has 146 valence electrons. The Morgan fingerprint density at radius 3 is 2.44 bits per heavy atom. The number of aromatic amines is 1. The zero-order chi connectivity index (χ0) is 19.4. The van der Waals surface area contributed by atoms with Crippen LogP contribution in [0, 0.1) is 0 Å². The van der Waals surface area contributed by atoms with Gasteiger partial charge in [0.1, 0.15) is 11.9 Å². The van der Waals surface area contributed by atoms with Gasteiger partial charge in [0.2, 0.25) is 11.8 Å². The molecule has 0 saturated carbocycles. The molecular weight excluding hydrogens is 344 g/mol. The van der Waals surface area contributed by atoms with E-state index in [1.807, 2.05) is 4.90 Å². The first-order chi connectivity index (χ1) is 12.7. The van der Waals surface area contributed by atoms with Gasteiger partial charge in [-0.05, 0) is 32.1 Å². The van der Waals surface area contributed by atoms with Gasteiger partial charge >= 0.3 is 0 Å². The molecule has 3 heterocycles. The van der Waals surface area contributed by atoms with Crippen LogP contribution in [0.4, 0.5) is 0 Å². The summed E-state index contributed by atoms with van der Waals surface area (Å²) in [6.45, 7) is 7.47. The number of likely N-dealkylation sites (tertiary alicyclic amines) is 1. The predicted octanol–water partition coefficient (Wildman–Crippen LogP) is 1.15. The fraction of sp³-hybridized carbons (Fsp3) is 0.700. The van der Waals surface area contributed by atoms with Gasteiger partial charge in [-0.15, -0.1) is 0 Å². The molecule has 2 aliphatic heterocycles. The molecule has 2 fully saturated rings. The van der Waals surface area contributed by atoms with Gasteiger partial charge < -0.3 is 15.2 Å². The number of piperidine rings is 1. The molecule has 3 aliphatic rings. The first-order valence-corrected chi connectivity index (χ1v) is 9.92. The van der Waals surface area contributed by atoms with Gasteiger partial charge in [0, 0.05) is 35.9 Å². The van der Waals surface area contributed by atoms with Crippen LogP contribution in [0.1, 0.15) is 70.0 Å². The lowest BCUT2D eigenvalue weighted by Gasteiger charge is -2.40. The summed E-state index contributed by atoms with van der Waals surface area (Å²) in [4.78, 5) is 46.4. The minimum atomic E-state index is -0.365. The predicted molar refractivity (Wildman–Crippen MR) is 101 cm³/mol. The summed E-state index contributed by atoms with van der Waals surface area (Å²) in [5, 5.41) is 2.77. The van der Waals surface area contributed by atoms with Gasteiger partial charge in [-0.25, -0.2) is 4.98 Å². The number of hydrogen-bond donors (Lipinski definition) is 2. The highest BCUT2D eigenvalue weighted by atomic mass is 16.2. The Labute approximate surface area is 158 Å². The largest absolute Gasteiger partial charge is 0.344 e. The molecule has 1 aromatic rings. The lowest BCUT2D eigenvalue weighted by molar-refractivity contribution is -0.135. The maximum Gasteiger partial charge on any atom is 0.254 e. The third-order valence-corrected chi connectivity index (χ3v) is 6.41.